The van der Waals surface area contributed by atoms with Gasteiger partial charge in [0.15, 0.2) is 0 Å². The molecule has 2 aliphatic rings. The molecule has 0 radical (unpaired) electrons. The van der Waals surface area contributed by atoms with Crippen molar-refractivity contribution in [2.45, 2.75) is 43.7 Å². The molecule has 172 valence electrons. The largest absolute Gasteiger partial charge is 0.480 e. The lowest BCUT2D eigenvalue weighted by molar-refractivity contribution is -0.141. The van der Waals surface area contributed by atoms with E-state index in [2.05, 4.69) is 12.0 Å². The van der Waals surface area contributed by atoms with Crippen molar-refractivity contribution in [3.05, 3.63) is 54.1 Å². The van der Waals surface area contributed by atoms with Crippen molar-refractivity contribution in [1.29, 1.82) is 0 Å². The maximum absolute atomic E-state index is 13.5. The Labute approximate surface area is 192 Å². The fourth-order valence-corrected chi connectivity index (χ4v) is 5.30. The van der Waals surface area contributed by atoms with Crippen LogP contribution in [0.4, 0.5) is 5.69 Å². The minimum Gasteiger partial charge on any atom is -0.480 e. The van der Waals surface area contributed by atoms with Crippen molar-refractivity contribution in [2.24, 2.45) is 5.92 Å². The molecule has 0 spiro atoms. The quantitative estimate of drug-likeness (QED) is 0.677. The summed E-state index contributed by atoms with van der Waals surface area (Å²) in [6.07, 6.45) is 4.66. The number of para-hydroxylation sites is 1. The fourth-order valence-electron chi connectivity index (χ4n) is 3.74. The highest BCUT2D eigenvalue weighted by Gasteiger charge is 2.44. The van der Waals surface area contributed by atoms with Gasteiger partial charge < -0.3 is 14.7 Å². The summed E-state index contributed by atoms with van der Waals surface area (Å²) in [5, 5.41) is 9.96. The molecule has 1 atom stereocenters. The molecule has 1 aliphatic carbocycles. The van der Waals surface area contributed by atoms with Crippen LogP contribution < -0.4 is 9.64 Å². The van der Waals surface area contributed by atoms with Crippen molar-refractivity contribution in [2.75, 3.05) is 11.4 Å². The Kier molecular flexibility index (Phi) is 6.40. The number of carboxylic acids is 1. The number of nitrogens with zero attached hydrogens (tertiary/aromatic N) is 2. The van der Waals surface area contributed by atoms with Gasteiger partial charge >= 0.3 is 5.97 Å². The molecule has 1 amide bonds. The van der Waals surface area contributed by atoms with E-state index in [0.717, 1.165) is 17.1 Å². The van der Waals surface area contributed by atoms with Crippen LogP contribution in [0.25, 0.3) is 0 Å². The van der Waals surface area contributed by atoms with Crippen molar-refractivity contribution in [3.63, 3.8) is 0 Å². The number of ether oxygens (including phenoxy) is 1. The van der Waals surface area contributed by atoms with Gasteiger partial charge in [-0.2, -0.15) is 4.31 Å². The molecule has 1 aliphatic heterocycles. The van der Waals surface area contributed by atoms with Gasteiger partial charge in [0.2, 0.25) is 15.9 Å². The van der Waals surface area contributed by atoms with Crippen molar-refractivity contribution >= 4 is 27.6 Å². The molecular weight excluding hydrogens is 444 g/mol. The van der Waals surface area contributed by atoms with Crippen molar-refractivity contribution in [3.8, 4) is 17.8 Å². The molecular formula is C24H24N2O6S. The summed E-state index contributed by atoms with van der Waals surface area (Å²) in [4.78, 5) is 26.5. The summed E-state index contributed by atoms with van der Waals surface area (Å²) in [5.74, 6) is 1.52. The summed E-state index contributed by atoms with van der Waals surface area (Å²) in [5.41, 5.74) is 1.13. The standard InChI is InChI=1S/C24H24N2O6S/c1-2-3-14-32-19-10-12-20(13-11-19)33(30,31)26-15-18-6-4-5-7-21(18)25(16-22(26)24(28)29)23(27)17-8-9-17/h4-7,10-13,17,22H,2,8-9,15-16H2,1H3,(H,28,29). The Hall–Kier alpha value is -3.35. The number of fused-ring (bicyclic) bond motifs is 1. The molecule has 0 bridgehead atoms. The zero-order chi connectivity index (χ0) is 23.6. The molecule has 9 heteroatoms. The Balaban J connectivity index is 1.71. The number of aliphatic carboxylic acids is 1. The van der Waals surface area contributed by atoms with Gasteiger partial charge in [0, 0.05) is 24.6 Å². The minimum atomic E-state index is -4.19. The smallest absolute Gasteiger partial charge is 0.323 e. The lowest BCUT2D eigenvalue weighted by Gasteiger charge is -2.28. The van der Waals surface area contributed by atoms with E-state index in [1.54, 1.807) is 24.3 Å². The van der Waals surface area contributed by atoms with Gasteiger partial charge in [-0.05, 0) is 48.7 Å². The normalized spacial score (nSPS) is 18.5. The van der Waals surface area contributed by atoms with E-state index in [4.69, 9.17) is 4.74 Å². The molecule has 1 saturated carbocycles. The molecule has 2 aromatic rings. The van der Waals surface area contributed by atoms with E-state index >= 15 is 0 Å². The van der Waals surface area contributed by atoms with Crippen LogP contribution in [0, 0.1) is 17.9 Å². The topological polar surface area (TPSA) is 104 Å². The van der Waals surface area contributed by atoms with Gasteiger partial charge in [-0.15, -0.1) is 0 Å². The van der Waals surface area contributed by atoms with Gasteiger partial charge in [0.1, 0.15) is 17.9 Å². The molecule has 8 nitrogen and oxygen atoms in total. The van der Waals surface area contributed by atoms with E-state index in [1.165, 1.54) is 29.2 Å². The highest BCUT2D eigenvalue weighted by atomic mass is 32.2. The zero-order valence-electron chi connectivity index (χ0n) is 18.1. The highest BCUT2D eigenvalue weighted by Crippen LogP contribution is 2.37. The van der Waals surface area contributed by atoms with Crippen LogP contribution >= 0.6 is 0 Å². The van der Waals surface area contributed by atoms with E-state index in [9.17, 15) is 23.1 Å². The average molecular weight is 469 g/mol. The highest BCUT2D eigenvalue weighted by molar-refractivity contribution is 7.89. The predicted molar refractivity (Wildman–Crippen MR) is 121 cm³/mol. The molecule has 33 heavy (non-hydrogen) atoms. The minimum absolute atomic E-state index is 0.0657. The fraction of sp³-hybridized carbons (Fsp3) is 0.333. The third-order valence-corrected chi connectivity index (χ3v) is 7.51. The maximum atomic E-state index is 13.5. The van der Waals surface area contributed by atoms with E-state index in [0.29, 0.717) is 23.4 Å². The Morgan fingerprint density at radius 1 is 1.12 bits per heavy atom. The van der Waals surface area contributed by atoms with Crippen molar-refractivity contribution in [1.82, 2.24) is 4.31 Å². The van der Waals surface area contributed by atoms with E-state index in [-0.39, 0.29) is 29.8 Å². The maximum Gasteiger partial charge on any atom is 0.323 e. The number of carbonyl (C=O) groups excluding carboxylic acids is 1. The average Bonchev–Trinajstić information content (AvgIpc) is 3.65. The van der Waals surface area contributed by atoms with Crippen LogP contribution in [0.3, 0.4) is 0 Å². The van der Waals surface area contributed by atoms with Crippen LogP contribution in [0.1, 0.15) is 31.7 Å². The summed E-state index contributed by atoms with van der Waals surface area (Å²) in [7, 11) is -4.19. The zero-order valence-corrected chi connectivity index (χ0v) is 18.9. The van der Waals surface area contributed by atoms with Crippen LogP contribution in [-0.2, 0) is 26.2 Å². The molecule has 1 N–H and O–H groups in total. The number of hydrogen-bond donors (Lipinski definition) is 1. The second kappa shape index (κ2) is 9.25. The van der Waals surface area contributed by atoms with Crippen LogP contribution in [-0.4, -0.2) is 42.3 Å². The lowest BCUT2D eigenvalue weighted by Crippen LogP contribution is -2.50. The number of carbonyl (C=O) groups is 2. The Morgan fingerprint density at radius 2 is 1.82 bits per heavy atom. The Morgan fingerprint density at radius 3 is 2.45 bits per heavy atom. The van der Waals surface area contributed by atoms with Gasteiger partial charge in [-0.1, -0.05) is 31.0 Å². The second-order valence-corrected chi connectivity index (χ2v) is 9.85. The monoisotopic (exact) mass is 468 g/mol. The Bertz CT molecular complexity index is 1230. The number of rotatable bonds is 5. The van der Waals surface area contributed by atoms with Gasteiger partial charge in [-0.3, -0.25) is 9.59 Å². The number of anilines is 1. The number of sulfonamides is 1. The van der Waals surface area contributed by atoms with Crippen LogP contribution in [0.2, 0.25) is 0 Å². The number of hydrogen-bond acceptors (Lipinski definition) is 5. The van der Waals surface area contributed by atoms with Gasteiger partial charge in [0.05, 0.1) is 11.4 Å². The number of carboxylic acid groups (broad SMARTS) is 1. The van der Waals surface area contributed by atoms with Crippen molar-refractivity contribution < 1.29 is 27.9 Å². The molecule has 1 heterocycles. The molecule has 0 aromatic heterocycles. The first-order valence-corrected chi connectivity index (χ1v) is 12.2. The SMILES string of the molecule is CCC#COc1ccc(S(=O)(=O)N2Cc3ccccc3N(C(=O)C3CC3)CC2C(=O)O)cc1. The second-order valence-electron chi connectivity index (χ2n) is 7.96. The molecule has 4 rings (SSSR count). The first-order chi connectivity index (χ1) is 15.8. The summed E-state index contributed by atoms with van der Waals surface area (Å²) in [6, 6.07) is 11.2. The van der Waals surface area contributed by atoms with E-state index < -0.39 is 22.0 Å². The number of benzene rings is 2. The van der Waals surface area contributed by atoms with E-state index in [1.807, 2.05) is 6.92 Å². The first kappa shape index (κ1) is 22.8. The molecule has 0 saturated heterocycles. The molecule has 1 fully saturated rings. The van der Waals surface area contributed by atoms with Crippen LogP contribution in [0.15, 0.2) is 53.4 Å². The third-order valence-electron chi connectivity index (χ3n) is 5.64. The molecule has 2 aromatic carbocycles. The summed E-state index contributed by atoms with van der Waals surface area (Å²) < 4.78 is 33.3. The van der Waals surface area contributed by atoms with Gasteiger partial charge in [0.25, 0.3) is 0 Å². The first-order valence-electron chi connectivity index (χ1n) is 10.7. The van der Waals surface area contributed by atoms with Gasteiger partial charge in [-0.25, -0.2) is 8.42 Å². The third kappa shape index (κ3) is 4.72. The van der Waals surface area contributed by atoms with Crippen LogP contribution in [0.5, 0.6) is 5.75 Å². The summed E-state index contributed by atoms with van der Waals surface area (Å²) >= 11 is 0. The summed E-state index contributed by atoms with van der Waals surface area (Å²) in [6.45, 7) is 1.46. The lowest BCUT2D eigenvalue weighted by atomic mass is 10.1. The number of amides is 1. The predicted octanol–water partition coefficient (Wildman–Crippen LogP) is 2.84. The molecule has 1 unspecified atom stereocenters.